The van der Waals surface area contributed by atoms with Crippen LogP contribution in [0.3, 0.4) is 0 Å². The molecule has 0 aliphatic carbocycles. The van der Waals surface area contributed by atoms with Gasteiger partial charge in [0.2, 0.25) is 0 Å². The second-order valence-electron chi connectivity index (χ2n) is 14.0. The van der Waals surface area contributed by atoms with Crippen LogP contribution in [-0.2, 0) is 11.2 Å². The number of hydrogen-bond acceptors (Lipinski definition) is 7. The molecule has 3 rings (SSSR count). The van der Waals surface area contributed by atoms with Gasteiger partial charge in [-0.3, -0.25) is 0 Å². The van der Waals surface area contributed by atoms with E-state index in [0.717, 1.165) is 42.2 Å². The van der Waals surface area contributed by atoms with Crippen LogP contribution in [0.1, 0.15) is 127 Å². The minimum atomic E-state index is -1.51. The molecule has 1 saturated heterocycles. The van der Waals surface area contributed by atoms with E-state index in [2.05, 4.69) is 34.6 Å². The molecule has 2 aliphatic heterocycles. The highest BCUT2D eigenvalue weighted by Gasteiger charge is 2.47. The summed E-state index contributed by atoms with van der Waals surface area (Å²) in [4.78, 5) is 0. The van der Waals surface area contributed by atoms with Crippen LogP contribution in [0.25, 0.3) is 0 Å². The van der Waals surface area contributed by atoms with Gasteiger partial charge in [-0.25, -0.2) is 0 Å². The van der Waals surface area contributed by atoms with Gasteiger partial charge >= 0.3 is 0 Å². The number of fused-ring (bicyclic) bond motifs is 1. The zero-order valence-electron chi connectivity index (χ0n) is 26.7. The molecule has 1 aromatic carbocycles. The Kier molecular flexibility index (Phi) is 12.4. The monoisotopic (exact) mass is 578 g/mol. The molecule has 8 atom stereocenters. The number of hydrogen-bond donors (Lipinski definition) is 5. The molecule has 0 saturated carbocycles. The summed E-state index contributed by atoms with van der Waals surface area (Å²) >= 11 is 0. The Hall–Kier alpha value is -1.38. The lowest BCUT2D eigenvalue weighted by atomic mass is 9.80. The van der Waals surface area contributed by atoms with Crippen molar-refractivity contribution in [2.24, 2.45) is 17.8 Å². The van der Waals surface area contributed by atoms with Crippen LogP contribution in [-0.4, -0.2) is 62.2 Å². The van der Waals surface area contributed by atoms with E-state index in [0.29, 0.717) is 29.2 Å². The molecule has 7 nitrogen and oxygen atoms in total. The Balaban J connectivity index is 1.61. The molecule has 0 spiro atoms. The van der Waals surface area contributed by atoms with Gasteiger partial charge < -0.3 is 35.0 Å². The van der Waals surface area contributed by atoms with Crippen molar-refractivity contribution < 1.29 is 35.0 Å². The van der Waals surface area contributed by atoms with Crippen molar-refractivity contribution in [3.05, 3.63) is 22.3 Å². The summed E-state index contributed by atoms with van der Waals surface area (Å²) in [5.74, 6) is 3.02. The number of phenols is 1. The fraction of sp³-hybridized carbons (Fsp3) is 0.824. The third kappa shape index (κ3) is 8.38. The van der Waals surface area contributed by atoms with E-state index >= 15 is 0 Å². The molecule has 0 aromatic heterocycles. The molecule has 41 heavy (non-hydrogen) atoms. The highest BCUT2D eigenvalue weighted by molar-refractivity contribution is 5.60. The number of ether oxygens (including phenoxy) is 2. The molecule has 1 fully saturated rings. The zero-order chi connectivity index (χ0) is 30.5. The van der Waals surface area contributed by atoms with Crippen LogP contribution >= 0.6 is 0 Å². The molecule has 1 aromatic rings. The predicted molar refractivity (Wildman–Crippen MR) is 162 cm³/mol. The number of aromatic hydroxyl groups is 1. The van der Waals surface area contributed by atoms with E-state index in [1.165, 1.54) is 44.9 Å². The Morgan fingerprint density at radius 2 is 1.41 bits per heavy atom. The maximum atomic E-state index is 11.2. The Morgan fingerprint density at radius 1 is 0.829 bits per heavy atom. The molecule has 2 aliphatic rings. The number of phenolic OH excluding ortho intramolecular Hbond substituents is 1. The SMILES string of the molecule is Cc1c(C)c2c(c([C@@H]3O[C@H](CO)[C@@H](O)[C@H](O)[C@H]3O)c1O)CCC(C)(CCCC(C)CCCC(C)CCCC(C)C)O2. The Morgan fingerprint density at radius 3 is 2.00 bits per heavy atom. The number of rotatable bonds is 14. The summed E-state index contributed by atoms with van der Waals surface area (Å²) in [7, 11) is 0. The van der Waals surface area contributed by atoms with Gasteiger partial charge in [0.05, 0.1) is 6.61 Å². The van der Waals surface area contributed by atoms with Crippen LogP contribution in [0, 0.1) is 31.6 Å². The van der Waals surface area contributed by atoms with Gasteiger partial charge in [-0.15, -0.1) is 0 Å². The summed E-state index contributed by atoms with van der Waals surface area (Å²) in [6, 6.07) is 0. The largest absolute Gasteiger partial charge is 0.507 e. The summed E-state index contributed by atoms with van der Waals surface area (Å²) in [5.41, 5.74) is 2.30. The number of benzene rings is 1. The van der Waals surface area contributed by atoms with E-state index in [-0.39, 0.29) is 11.4 Å². The Bertz CT molecular complexity index is 977. The van der Waals surface area contributed by atoms with Crippen molar-refractivity contribution in [2.45, 2.75) is 155 Å². The molecular weight excluding hydrogens is 520 g/mol. The predicted octanol–water partition coefficient (Wildman–Crippen LogP) is 6.05. The number of aliphatic hydroxyl groups is 4. The van der Waals surface area contributed by atoms with Crippen molar-refractivity contribution in [1.29, 1.82) is 0 Å². The first-order chi connectivity index (χ1) is 19.3. The average molecular weight is 579 g/mol. The highest BCUT2D eigenvalue weighted by atomic mass is 16.5. The third-order valence-electron chi connectivity index (χ3n) is 9.82. The molecule has 2 heterocycles. The van der Waals surface area contributed by atoms with Crippen molar-refractivity contribution in [3.8, 4) is 11.5 Å². The van der Waals surface area contributed by atoms with E-state index in [1.807, 2.05) is 6.92 Å². The lowest BCUT2D eigenvalue weighted by molar-refractivity contribution is -0.232. The molecule has 236 valence electrons. The molecule has 0 bridgehead atoms. The lowest BCUT2D eigenvalue weighted by Gasteiger charge is -2.43. The van der Waals surface area contributed by atoms with Gasteiger partial charge in [0.25, 0.3) is 0 Å². The second-order valence-corrected chi connectivity index (χ2v) is 14.0. The van der Waals surface area contributed by atoms with Crippen LogP contribution in [0.5, 0.6) is 11.5 Å². The van der Waals surface area contributed by atoms with Gasteiger partial charge in [-0.05, 0) is 75.3 Å². The maximum Gasteiger partial charge on any atom is 0.127 e. The van der Waals surface area contributed by atoms with E-state index < -0.39 is 37.1 Å². The van der Waals surface area contributed by atoms with Gasteiger partial charge in [-0.1, -0.05) is 72.6 Å². The van der Waals surface area contributed by atoms with Crippen molar-refractivity contribution in [3.63, 3.8) is 0 Å². The van der Waals surface area contributed by atoms with Crippen LogP contribution in [0.2, 0.25) is 0 Å². The second kappa shape index (κ2) is 14.9. The zero-order valence-corrected chi connectivity index (χ0v) is 26.7. The van der Waals surface area contributed by atoms with Gasteiger partial charge in [0.1, 0.15) is 47.6 Å². The molecule has 0 radical (unpaired) electrons. The summed E-state index contributed by atoms with van der Waals surface area (Å²) in [5, 5.41) is 52.3. The standard InChI is InChI=1S/C34H58O7/c1-20(2)11-8-12-21(3)13-9-14-22(4)15-10-17-34(7)18-16-25-27(28(36)23(5)24(6)32(25)41-34)33-31(39)30(38)29(37)26(19-35)40-33/h20-22,26,29-31,33,35-39H,8-19H2,1-7H3/t21?,22?,26-,29-,30+,31-,33+,34?/m1/s1. The fourth-order valence-corrected chi connectivity index (χ4v) is 6.74. The van der Waals surface area contributed by atoms with Gasteiger partial charge in [0.15, 0.2) is 0 Å². The van der Waals surface area contributed by atoms with E-state index in [4.69, 9.17) is 9.47 Å². The minimum absolute atomic E-state index is 0.000785. The molecule has 3 unspecified atom stereocenters. The van der Waals surface area contributed by atoms with Crippen LogP contribution < -0.4 is 4.74 Å². The first-order valence-electron chi connectivity index (χ1n) is 16.1. The van der Waals surface area contributed by atoms with Crippen molar-refractivity contribution >= 4 is 0 Å². The summed E-state index contributed by atoms with van der Waals surface area (Å²) < 4.78 is 12.5. The molecule has 7 heteroatoms. The quantitative estimate of drug-likeness (QED) is 0.182. The molecular formula is C34H58O7. The third-order valence-corrected chi connectivity index (χ3v) is 9.82. The topological polar surface area (TPSA) is 120 Å². The van der Waals surface area contributed by atoms with Crippen LogP contribution in [0.15, 0.2) is 0 Å². The van der Waals surface area contributed by atoms with Gasteiger partial charge in [-0.2, -0.15) is 0 Å². The van der Waals surface area contributed by atoms with Gasteiger partial charge in [0, 0.05) is 11.1 Å². The smallest absolute Gasteiger partial charge is 0.127 e. The fourth-order valence-electron chi connectivity index (χ4n) is 6.74. The highest BCUT2D eigenvalue weighted by Crippen LogP contribution is 2.49. The Labute approximate surface area is 248 Å². The summed E-state index contributed by atoms with van der Waals surface area (Å²) in [6.45, 7) is 14.8. The van der Waals surface area contributed by atoms with Crippen molar-refractivity contribution in [1.82, 2.24) is 0 Å². The first kappa shape index (κ1) is 34.1. The maximum absolute atomic E-state index is 11.2. The van der Waals surface area contributed by atoms with E-state index in [9.17, 15) is 25.5 Å². The number of aliphatic hydroxyl groups excluding tert-OH is 4. The van der Waals surface area contributed by atoms with Crippen molar-refractivity contribution in [2.75, 3.05) is 6.61 Å². The average Bonchev–Trinajstić information content (AvgIpc) is 2.92. The summed E-state index contributed by atoms with van der Waals surface area (Å²) in [6.07, 6.45) is 5.98. The first-order valence-corrected chi connectivity index (χ1v) is 16.1. The normalized spacial score (nSPS) is 29.7. The minimum Gasteiger partial charge on any atom is -0.507 e. The van der Waals surface area contributed by atoms with E-state index in [1.54, 1.807) is 6.92 Å². The lowest BCUT2D eigenvalue weighted by Crippen LogP contribution is -2.55. The molecule has 0 amide bonds. The van der Waals surface area contributed by atoms with Crippen LogP contribution in [0.4, 0.5) is 0 Å². The molecule has 5 N–H and O–H groups in total.